The number of hydrogen-bond donors (Lipinski definition) is 1. The van der Waals surface area contributed by atoms with Gasteiger partial charge in [0.05, 0.1) is 22.2 Å². The van der Waals surface area contributed by atoms with Crippen LogP contribution in [0.25, 0.3) is 22.0 Å². The number of thiophene rings is 1. The van der Waals surface area contributed by atoms with Crippen LogP contribution >= 0.6 is 22.9 Å². The lowest BCUT2D eigenvalue weighted by atomic mass is 9.91. The highest BCUT2D eigenvalue weighted by atomic mass is 35.5. The fourth-order valence-electron chi connectivity index (χ4n) is 5.06. The molecule has 39 heavy (non-hydrogen) atoms. The molecule has 1 aliphatic heterocycles. The largest absolute Gasteiger partial charge is 0.378 e. The lowest BCUT2D eigenvalue weighted by molar-refractivity contribution is 0.0716. The van der Waals surface area contributed by atoms with Crippen LogP contribution in [-0.4, -0.2) is 35.7 Å². The van der Waals surface area contributed by atoms with Crippen LogP contribution in [0, 0.1) is 0 Å². The molecule has 1 N–H and O–H groups in total. The van der Waals surface area contributed by atoms with E-state index in [0.717, 1.165) is 27.8 Å². The monoisotopic (exact) mass is 552 g/mol. The number of nitrogens with zero attached hydrogens (tertiary/aromatic N) is 3. The topological polar surface area (TPSA) is 68.8 Å². The van der Waals surface area contributed by atoms with Crippen molar-refractivity contribution in [3.63, 3.8) is 0 Å². The summed E-state index contributed by atoms with van der Waals surface area (Å²) in [6.07, 6.45) is 0.396. The number of pyridine rings is 1. The van der Waals surface area contributed by atoms with Crippen LogP contribution in [0.2, 0.25) is 5.02 Å². The van der Waals surface area contributed by atoms with Gasteiger partial charge >= 0.3 is 0 Å². The second-order valence-electron chi connectivity index (χ2n) is 9.64. The number of H-pyrrole nitrogens is 1. The summed E-state index contributed by atoms with van der Waals surface area (Å²) in [5.41, 5.74) is 5.08. The van der Waals surface area contributed by atoms with E-state index in [2.05, 4.69) is 4.98 Å². The first-order chi connectivity index (χ1) is 18.9. The summed E-state index contributed by atoms with van der Waals surface area (Å²) in [6.45, 7) is 0. The molecule has 0 aliphatic carbocycles. The van der Waals surface area contributed by atoms with Crippen molar-refractivity contribution in [2.75, 3.05) is 19.0 Å². The SMILES string of the molecule is CN(C)c1ccc([C@@H]2CC(c3c(-c4ccccc4)c4cc(Cl)ccc4[nH]c3=O)=NN2C(=O)c2cccs2)cc1. The molecule has 194 valence electrons. The molecule has 0 fully saturated rings. The number of halogens is 1. The Morgan fingerprint density at radius 3 is 2.46 bits per heavy atom. The summed E-state index contributed by atoms with van der Waals surface area (Å²) in [6, 6.07) is 26.6. The lowest BCUT2D eigenvalue weighted by Gasteiger charge is -2.22. The molecular formula is C31H25ClN4O2S. The molecule has 5 aromatic rings. The third-order valence-corrected chi connectivity index (χ3v) is 8.06. The van der Waals surface area contributed by atoms with Gasteiger partial charge in [-0.1, -0.05) is 60.1 Å². The molecule has 0 saturated heterocycles. The van der Waals surface area contributed by atoms with Crippen LogP contribution in [0.4, 0.5) is 5.69 Å². The lowest BCUT2D eigenvalue weighted by Crippen LogP contribution is -2.26. The summed E-state index contributed by atoms with van der Waals surface area (Å²) >= 11 is 7.79. The standard InChI is InChI=1S/C31H25ClN4O2S/c1-35(2)22-13-10-19(11-14-22)26-18-25(34-36(26)31(38)27-9-6-16-39-27)29-28(20-7-4-3-5-8-20)23-17-21(32)12-15-24(23)33-30(29)37/h3-17,26H,18H2,1-2H3,(H,33,37)/t26-/m0/s1. The zero-order valence-corrected chi connectivity index (χ0v) is 23.0. The first kappa shape index (κ1) is 25.1. The van der Waals surface area contributed by atoms with Gasteiger partial charge < -0.3 is 9.88 Å². The zero-order valence-electron chi connectivity index (χ0n) is 21.4. The smallest absolute Gasteiger partial charge is 0.284 e. The van der Waals surface area contributed by atoms with Crippen molar-refractivity contribution in [1.29, 1.82) is 0 Å². The summed E-state index contributed by atoms with van der Waals surface area (Å²) in [7, 11) is 3.98. The summed E-state index contributed by atoms with van der Waals surface area (Å²) < 4.78 is 0. The Hall–Kier alpha value is -4.20. The van der Waals surface area contributed by atoms with Gasteiger partial charge in [0, 0.05) is 47.7 Å². The van der Waals surface area contributed by atoms with Gasteiger partial charge in [0.15, 0.2) is 0 Å². The number of hydrazone groups is 1. The van der Waals surface area contributed by atoms with E-state index in [0.29, 0.717) is 33.1 Å². The highest BCUT2D eigenvalue weighted by molar-refractivity contribution is 7.12. The Morgan fingerprint density at radius 2 is 1.77 bits per heavy atom. The summed E-state index contributed by atoms with van der Waals surface area (Å²) in [5, 5.41) is 9.64. The maximum absolute atomic E-state index is 13.7. The van der Waals surface area contributed by atoms with Gasteiger partial charge in [0.1, 0.15) is 0 Å². The molecule has 0 spiro atoms. The van der Waals surface area contributed by atoms with Crippen molar-refractivity contribution in [1.82, 2.24) is 9.99 Å². The molecule has 1 amide bonds. The fraction of sp³-hybridized carbons (Fsp3) is 0.129. The van der Waals surface area contributed by atoms with E-state index < -0.39 is 0 Å². The second-order valence-corrected chi connectivity index (χ2v) is 11.0. The molecule has 1 atom stereocenters. The normalized spacial score (nSPS) is 15.0. The Kier molecular flexibility index (Phi) is 6.54. The maximum atomic E-state index is 13.7. The minimum absolute atomic E-state index is 0.191. The number of hydrogen-bond acceptors (Lipinski definition) is 5. The predicted molar refractivity (Wildman–Crippen MR) is 160 cm³/mol. The number of amides is 1. The van der Waals surface area contributed by atoms with Crippen LogP contribution in [0.15, 0.2) is 100 Å². The minimum Gasteiger partial charge on any atom is -0.378 e. The molecule has 6 nitrogen and oxygen atoms in total. The Morgan fingerprint density at radius 1 is 1.00 bits per heavy atom. The molecular weight excluding hydrogens is 528 g/mol. The Balaban J connectivity index is 1.54. The predicted octanol–water partition coefficient (Wildman–Crippen LogP) is 6.97. The molecule has 0 bridgehead atoms. The average molecular weight is 553 g/mol. The van der Waals surface area contributed by atoms with E-state index in [1.807, 2.05) is 97.2 Å². The van der Waals surface area contributed by atoms with Gasteiger partial charge in [-0.2, -0.15) is 5.10 Å². The third-order valence-electron chi connectivity index (χ3n) is 6.97. The van der Waals surface area contributed by atoms with Crippen LogP contribution in [0.5, 0.6) is 0 Å². The molecule has 6 rings (SSSR count). The first-order valence-corrected chi connectivity index (χ1v) is 13.8. The van der Waals surface area contributed by atoms with Gasteiger partial charge in [-0.05, 0) is 52.9 Å². The number of benzene rings is 3. The van der Waals surface area contributed by atoms with Crippen molar-refractivity contribution in [3.8, 4) is 11.1 Å². The van der Waals surface area contributed by atoms with Crippen molar-refractivity contribution in [2.45, 2.75) is 12.5 Å². The number of fused-ring (bicyclic) bond motifs is 1. The summed E-state index contributed by atoms with van der Waals surface area (Å²) in [5.74, 6) is -0.191. The van der Waals surface area contributed by atoms with Gasteiger partial charge in [0.25, 0.3) is 11.5 Å². The number of rotatable bonds is 5. The van der Waals surface area contributed by atoms with Crippen LogP contribution in [0.1, 0.15) is 33.3 Å². The van der Waals surface area contributed by atoms with E-state index >= 15 is 0 Å². The van der Waals surface area contributed by atoms with E-state index in [1.54, 1.807) is 12.1 Å². The van der Waals surface area contributed by atoms with Crippen LogP contribution in [0.3, 0.4) is 0 Å². The van der Waals surface area contributed by atoms with Crippen molar-refractivity contribution >= 4 is 51.1 Å². The first-order valence-electron chi connectivity index (χ1n) is 12.5. The van der Waals surface area contributed by atoms with Crippen molar-refractivity contribution in [2.24, 2.45) is 5.10 Å². The number of aromatic amines is 1. The minimum atomic E-state index is -0.358. The van der Waals surface area contributed by atoms with Crippen molar-refractivity contribution in [3.05, 3.63) is 122 Å². The highest BCUT2D eigenvalue weighted by Crippen LogP contribution is 2.38. The number of anilines is 1. The van der Waals surface area contributed by atoms with Gasteiger partial charge in [-0.15, -0.1) is 11.3 Å². The van der Waals surface area contributed by atoms with Crippen LogP contribution < -0.4 is 10.5 Å². The van der Waals surface area contributed by atoms with E-state index in [9.17, 15) is 9.59 Å². The quantitative estimate of drug-likeness (QED) is 0.256. The molecule has 1 aliphatic rings. The molecule has 8 heteroatoms. The number of carbonyl (C=O) groups excluding carboxylic acids is 1. The number of carbonyl (C=O) groups is 1. The van der Waals surface area contributed by atoms with Gasteiger partial charge in [0.2, 0.25) is 0 Å². The number of nitrogens with one attached hydrogen (secondary N) is 1. The van der Waals surface area contributed by atoms with Crippen LogP contribution in [-0.2, 0) is 0 Å². The zero-order chi connectivity index (χ0) is 27.1. The maximum Gasteiger partial charge on any atom is 0.284 e. The molecule has 0 unspecified atom stereocenters. The highest BCUT2D eigenvalue weighted by Gasteiger charge is 2.36. The molecule has 0 saturated carbocycles. The van der Waals surface area contributed by atoms with Crippen molar-refractivity contribution < 1.29 is 4.79 Å². The second kappa shape index (κ2) is 10.2. The molecule has 2 aromatic heterocycles. The Labute approximate surface area is 234 Å². The third kappa shape index (κ3) is 4.64. The van der Waals surface area contributed by atoms with E-state index in [4.69, 9.17) is 16.7 Å². The Bertz CT molecular complexity index is 1760. The molecule has 3 heterocycles. The van der Waals surface area contributed by atoms with Gasteiger partial charge in [-0.25, -0.2) is 5.01 Å². The fourth-order valence-corrected chi connectivity index (χ4v) is 5.89. The van der Waals surface area contributed by atoms with E-state index in [-0.39, 0.29) is 17.5 Å². The van der Waals surface area contributed by atoms with E-state index in [1.165, 1.54) is 16.3 Å². The molecule has 0 radical (unpaired) electrons. The van der Waals surface area contributed by atoms with Gasteiger partial charge in [-0.3, -0.25) is 9.59 Å². The summed E-state index contributed by atoms with van der Waals surface area (Å²) in [4.78, 5) is 33.0. The average Bonchev–Trinajstić information content (AvgIpc) is 3.64. The number of aromatic nitrogens is 1. The molecule has 3 aromatic carbocycles.